The number of ether oxygens (including phenoxy) is 1. The van der Waals surface area contributed by atoms with E-state index in [2.05, 4.69) is 35.9 Å². The van der Waals surface area contributed by atoms with E-state index in [0.717, 1.165) is 57.4 Å². The Hall–Kier alpha value is -1.95. The number of nitrogens with zero attached hydrogens (tertiary/aromatic N) is 3. The molecule has 2 N–H and O–H groups in total. The third-order valence-corrected chi connectivity index (χ3v) is 4.47. The molecular formula is C20H34N4O2. The Morgan fingerprint density at radius 3 is 2.58 bits per heavy atom. The van der Waals surface area contributed by atoms with Crippen LogP contribution in [-0.4, -0.2) is 68.4 Å². The molecule has 6 nitrogen and oxygen atoms in total. The minimum absolute atomic E-state index is 0.347. The van der Waals surface area contributed by atoms with Crippen molar-refractivity contribution in [3.63, 3.8) is 0 Å². The summed E-state index contributed by atoms with van der Waals surface area (Å²) in [5.74, 6) is 1.98. The largest absolute Gasteiger partial charge is 0.506 e. The van der Waals surface area contributed by atoms with Gasteiger partial charge in [-0.1, -0.05) is 26.0 Å². The second kappa shape index (κ2) is 10.9. The third-order valence-electron chi connectivity index (χ3n) is 4.47. The first kappa shape index (κ1) is 20.4. The predicted octanol–water partition coefficient (Wildman–Crippen LogP) is 2.54. The number of anilines is 1. The average molecular weight is 363 g/mol. The SMILES string of the molecule is CCNC(=NCCOCCC(C)C)N1CCN(c2ccccc2O)CC1. The fourth-order valence-electron chi connectivity index (χ4n) is 2.95. The molecule has 0 atom stereocenters. The molecule has 1 aliphatic heterocycles. The molecule has 1 fully saturated rings. The topological polar surface area (TPSA) is 60.3 Å². The Labute approximate surface area is 157 Å². The van der Waals surface area contributed by atoms with Gasteiger partial charge < -0.3 is 25.0 Å². The number of phenols is 1. The highest BCUT2D eigenvalue weighted by molar-refractivity contribution is 5.80. The first-order valence-corrected chi connectivity index (χ1v) is 9.75. The maximum Gasteiger partial charge on any atom is 0.194 e. The lowest BCUT2D eigenvalue weighted by atomic mass is 10.1. The summed E-state index contributed by atoms with van der Waals surface area (Å²) in [5.41, 5.74) is 0.910. The number of hydrogen-bond donors (Lipinski definition) is 2. The van der Waals surface area contributed by atoms with Gasteiger partial charge in [-0.05, 0) is 31.4 Å². The van der Waals surface area contributed by atoms with E-state index in [-0.39, 0.29) is 0 Å². The summed E-state index contributed by atoms with van der Waals surface area (Å²) >= 11 is 0. The van der Waals surface area contributed by atoms with Crippen LogP contribution in [0.4, 0.5) is 5.69 Å². The highest BCUT2D eigenvalue weighted by atomic mass is 16.5. The zero-order valence-corrected chi connectivity index (χ0v) is 16.4. The number of phenolic OH excluding ortho intramolecular Hbond substituents is 1. The molecule has 1 aromatic rings. The molecule has 2 rings (SSSR count). The molecule has 0 bridgehead atoms. The lowest BCUT2D eigenvalue weighted by Gasteiger charge is -2.37. The van der Waals surface area contributed by atoms with Crippen LogP contribution < -0.4 is 10.2 Å². The van der Waals surface area contributed by atoms with Gasteiger partial charge in [0.1, 0.15) is 5.75 Å². The molecule has 26 heavy (non-hydrogen) atoms. The number of aliphatic imine (C=N–C) groups is 1. The van der Waals surface area contributed by atoms with Crippen molar-refractivity contribution in [3.8, 4) is 5.75 Å². The number of para-hydroxylation sites is 2. The summed E-state index contributed by atoms with van der Waals surface area (Å²) < 4.78 is 5.66. The van der Waals surface area contributed by atoms with Gasteiger partial charge in [0.2, 0.25) is 0 Å². The van der Waals surface area contributed by atoms with Crippen molar-refractivity contribution < 1.29 is 9.84 Å². The number of rotatable bonds is 8. The molecule has 0 aliphatic carbocycles. The fourth-order valence-corrected chi connectivity index (χ4v) is 2.95. The lowest BCUT2D eigenvalue weighted by molar-refractivity contribution is 0.130. The van der Waals surface area contributed by atoms with Crippen LogP contribution in [0.25, 0.3) is 0 Å². The lowest BCUT2D eigenvalue weighted by Crippen LogP contribution is -2.52. The van der Waals surface area contributed by atoms with Crippen molar-refractivity contribution in [1.29, 1.82) is 0 Å². The number of aromatic hydroxyl groups is 1. The van der Waals surface area contributed by atoms with Gasteiger partial charge in [0.15, 0.2) is 5.96 Å². The van der Waals surface area contributed by atoms with E-state index in [1.54, 1.807) is 6.07 Å². The summed E-state index contributed by atoms with van der Waals surface area (Å²) in [7, 11) is 0. The second-order valence-electron chi connectivity index (χ2n) is 6.99. The van der Waals surface area contributed by atoms with Crippen LogP contribution in [0.2, 0.25) is 0 Å². The van der Waals surface area contributed by atoms with Crippen LogP contribution in [0, 0.1) is 5.92 Å². The number of guanidine groups is 1. The van der Waals surface area contributed by atoms with E-state index in [1.807, 2.05) is 18.2 Å². The van der Waals surface area contributed by atoms with Gasteiger partial charge >= 0.3 is 0 Å². The predicted molar refractivity (Wildman–Crippen MR) is 108 cm³/mol. The van der Waals surface area contributed by atoms with E-state index in [4.69, 9.17) is 9.73 Å². The smallest absolute Gasteiger partial charge is 0.194 e. The van der Waals surface area contributed by atoms with Crippen LogP contribution in [-0.2, 0) is 4.74 Å². The summed E-state index contributed by atoms with van der Waals surface area (Å²) in [6.07, 6.45) is 1.10. The van der Waals surface area contributed by atoms with Crippen LogP contribution >= 0.6 is 0 Å². The summed E-state index contributed by atoms with van der Waals surface area (Å²) in [6, 6.07) is 7.53. The highest BCUT2D eigenvalue weighted by Gasteiger charge is 2.21. The zero-order valence-electron chi connectivity index (χ0n) is 16.4. The molecule has 146 valence electrons. The molecule has 1 saturated heterocycles. The summed E-state index contributed by atoms with van der Waals surface area (Å²) in [4.78, 5) is 9.22. The Morgan fingerprint density at radius 1 is 1.19 bits per heavy atom. The van der Waals surface area contributed by atoms with Crippen LogP contribution in [0.3, 0.4) is 0 Å². The van der Waals surface area contributed by atoms with Crippen LogP contribution in [0.1, 0.15) is 27.2 Å². The molecule has 0 unspecified atom stereocenters. The Balaban J connectivity index is 1.81. The van der Waals surface area contributed by atoms with Gasteiger partial charge in [-0.3, -0.25) is 4.99 Å². The number of piperazine rings is 1. The molecule has 0 spiro atoms. The second-order valence-corrected chi connectivity index (χ2v) is 6.99. The summed E-state index contributed by atoms with van der Waals surface area (Å²) in [5, 5.41) is 13.4. The summed E-state index contributed by atoms with van der Waals surface area (Å²) in [6.45, 7) is 13.0. The standard InChI is InChI=1S/C20H34N4O2/c1-4-21-20(22-10-16-26-15-9-17(2)3)24-13-11-23(12-14-24)18-7-5-6-8-19(18)25/h5-8,17,25H,4,9-16H2,1-3H3,(H,21,22). The molecule has 1 aromatic carbocycles. The minimum Gasteiger partial charge on any atom is -0.506 e. The van der Waals surface area contributed by atoms with Gasteiger partial charge in [-0.25, -0.2) is 0 Å². The molecule has 0 radical (unpaired) electrons. The Morgan fingerprint density at radius 2 is 1.92 bits per heavy atom. The number of hydrogen-bond acceptors (Lipinski definition) is 4. The van der Waals surface area contributed by atoms with Gasteiger partial charge in [-0.15, -0.1) is 0 Å². The molecule has 0 amide bonds. The van der Waals surface area contributed by atoms with Gasteiger partial charge in [-0.2, -0.15) is 0 Å². The quantitative estimate of drug-likeness (QED) is 0.423. The average Bonchev–Trinajstić information content (AvgIpc) is 2.64. The monoisotopic (exact) mass is 362 g/mol. The zero-order chi connectivity index (χ0) is 18.8. The minimum atomic E-state index is 0.347. The van der Waals surface area contributed by atoms with E-state index in [0.29, 0.717) is 24.8 Å². The first-order valence-electron chi connectivity index (χ1n) is 9.75. The van der Waals surface area contributed by atoms with E-state index < -0.39 is 0 Å². The maximum atomic E-state index is 10.0. The van der Waals surface area contributed by atoms with Gasteiger partial charge in [0.05, 0.1) is 18.8 Å². The molecule has 1 heterocycles. The van der Waals surface area contributed by atoms with E-state index in [9.17, 15) is 5.11 Å². The molecule has 6 heteroatoms. The molecule has 0 aromatic heterocycles. The van der Waals surface area contributed by atoms with E-state index >= 15 is 0 Å². The van der Waals surface area contributed by atoms with Crippen molar-refractivity contribution in [1.82, 2.24) is 10.2 Å². The first-order chi connectivity index (χ1) is 12.6. The third kappa shape index (κ3) is 6.41. The van der Waals surface area contributed by atoms with Crippen LogP contribution in [0.15, 0.2) is 29.3 Å². The van der Waals surface area contributed by atoms with E-state index in [1.165, 1.54) is 0 Å². The molecular weight excluding hydrogens is 328 g/mol. The van der Waals surface area contributed by atoms with Crippen LogP contribution in [0.5, 0.6) is 5.75 Å². The van der Waals surface area contributed by atoms with Crippen molar-refractivity contribution >= 4 is 11.6 Å². The number of benzene rings is 1. The Kier molecular flexibility index (Phi) is 8.54. The normalized spacial score (nSPS) is 15.6. The van der Waals surface area contributed by atoms with Crippen molar-refractivity contribution in [3.05, 3.63) is 24.3 Å². The van der Waals surface area contributed by atoms with Gasteiger partial charge in [0.25, 0.3) is 0 Å². The highest BCUT2D eigenvalue weighted by Crippen LogP contribution is 2.27. The maximum absolute atomic E-state index is 10.0. The van der Waals surface area contributed by atoms with Crippen molar-refractivity contribution in [2.45, 2.75) is 27.2 Å². The van der Waals surface area contributed by atoms with Gasteiger partial charge in [0, 0.05) is 39.3 Å². The molecule has 0 saturated carbocycles. The van der Waals surface area contributed by atoms with Crippen molar-refractivity contribution in [2.24, 2.45) is 10.9 Å². The Bertz CT molecular complexity index is 554. The fraction of sp³-hybridized carbons (Fsp3) is 0.650. The molecule has 1 aliphatic rings. The van der Waals surface area contributed by atoms with Crippen molar-refractivity contribution in [2.75, 3.05) is 57.4 Å². The number of nitrogens with one attached hydrogen (secondary N) is 1.